The number of aromatic nitrogens is 3. The molecule has 0 saturated carbocycles. The molecule has 4 aromatic rings. The average Bonchev–Trinajstić information content (AvgIpc) is 3.82. The third kappa shape index (κ3) is 9.04. The van der Waals surface area contributed by atoms with Crippen LogP contribution < -0.4 is 10.7 Å². The molecule has 15 nitrogen and oxygen atoms in total. The van der Waals surface area contributed by atoms with Crippen LogP contribution in [0, 0.1) is 11.3 Å². The number of nitrogens with zero attached hydrogens (tertiary/aromatic N) is 6. The van der Waals surface area contributed by atoms with E-state index in [2.05, 4.69) is 60.3 Å². The molecule has 0 radical (unpaired) electrons. The van der Waals surface area contributed by atoms with E-state index in [4.69, 9.17) is 24.2 Å². The quantitative estimate of drug-likeness (QED) is 0.203. The summed E-state index contributed by atoms with van der Waals surface area (Å²) in [5, 5.41) is 8.15. The lowest BCUT2D eigenvalue weighted by atomic mass is 9.84. The van der Waals surface area contributed by atoms with E-state index < -0.39 is 41.3 Å². The van der Waals surface area contributed by atoms with Gasteiger partial charge in [0.05, 0.1) is 54.0 Å². The van der Waals surface area contributed by atoms with E-state index >= 15 is 0 Å². The predicted molar refractivity (Wildman–Crippen MR) is 233 cm³/mol. The molecule has 0 spiro atoms. The Labute approximate surface area is 362 Å². The highest BCUT2D eigenvalue weighted by Crippen LogP contribution is 2.42. The van der Waals surface area contributed by atoms with Crippen molar-refractivity contribution in [3.63, 3.8) is 0 Å². The number of aryl methyl sites for hydroxylation is 1. The number of hydrogen-bond donors (Lipinski definition) is 2. The number of esters is 1. The van der Waals surface area contributed by atoms with Crippen molar-refractivity contribution in [1.82, 2.24) is 40.1 Å². The van der Waals surface area contributed by atoms with Crippen LogP contribution in [0.4, 0.5) is 4.79 Å². The zero-order valence-corrected chi connectivity index (χ0v) is 37.6. The maximum Gasteiger partial charge on any atom is 0.324 e. The second-order valence-corrected chi connectivity index (χ2v) is 18.6. The molecule has 4 amide bonds. The van der Waals surface area contributed by atoms with Gasteiger partial charge in [-0.1, -0.05) is 33.8 Å². The van der Waals surface area contributed by atoms with Crippen molar-refractivity contribution in [3.8, 4) is 22.5 Å². The van der Waals surface area contributed by atoms with Crippen molar-refractivity contribution < 1.29 is 33.4 Å². The van der Waals surface area contributed by atoms with Gasteiger partial charge in [0.25, 0.3) is 5.91 Å². The highest BCUT2D eigenvalue weighted by Gasteiger charge is 2.40. The number of likely N-dealkylation sites (tertiary alicyclic amines) is 1. The Balaban J connectivity index is 1.29. The molecule has 2 N–H and O–H groups in total. The van der Waals surface area contributed by atoms with E-state index in [9.17, 15) is 19.2 Å². The highest BCUT2D eigenvalue weighted by atomic mass is 32.1. The maximum atomic E-state index is 14.5. The average molecular weight is 857 g/mol. The monoisotopic (exact) mass is 856 g/mol. The normalized spacial score (nSPS) is 20.8. The number of methoxy groups -OCH3 is 2. The van der Waals surface area contributed by atoms with Gasteiger partial charge in [-0.2, -0.15) is 0 Å². The minimum absolute atomic E-state index is 0.0368. The van der Waals surface area contributed by atoms with Crippen LogP contribution in [0.15, 0.2) is 41.9 Å². The Hall–Kier alpha value is -4.90. The summed E-state index contributed by atoms with van der Waals surface area (Å²) in [5.41, 5.74) is 9.35. The molecule has 3 aliphatic heterocycles. The number of thiazole rings is 1. The highest BCUT2D eigenvalue weighted by molar-refractivity contribution is 7.10. The van der Waals surface area contributed by atoms with Crippen molar-refractivity contribution >= 4 is 46.1 Å². The number of benzene rings is 1. The Morgan fingerprint density at radius 2 is 1.92 bits per heavy atom. The molecular weight excluding hydrogens is 797 g/mol. The first kappa shape index (κ1) is 44.2. The lowest BCUT2D eigenvalue weighted by Gasteiger charge is -2.42. The van der Waals surface area contributed by atoms with E-state index in [1.165, 1.54) is 21.2 Å². The fourth-order valence-corrected chi connectivity index (χ4v) is 9.68. The van der Waals surface area contributed by atoms with E-state index in [1.807, 2.05) is 32.2 Å². The molecule has 2 saturated heterocycles. The molecule has 0 aliphatic carbocycles. The van der Waals surface area contributed by atoms with E-state index in [0.29, 0.717) is 50.4 Å². The van der Waals surface area contributed by atoms with Gasteiger partial charge in [0.15, 0.2) is 0 Å². The first-order valence-electron chi connectivity index (χ1n) is 21.3. The third-order valence-corrected chi connectivity index (χ3v) is 13.1. The molecule has 0 unspecified atom stereocenters. The zero-order valence-electron chi connectivity index (χ0n) is 36.8. The van der Waals surface area contributed by atoms with Gasteiger partial charge < -0.3 is 33.9 Å². The summed E-state index contributed by atoms with van der Waals surface area (Å²) in [4.78, 5) is 69.0. The first-order valence-corrected chi connectivity index (χ1v) is 22.2. The van der Waals surface area contributed by atoms with Gasteiger partial charge in [0.2, 0.25) is 5.91 Å². The smallest absolute Gasteiger partial charge is 0.324 e. The Kier molecular flexibility index (Phi) is 13.2. The number of fused-ring (bicyclic) bond motifs is 6. The molecule has 7 rings (SSSR count). The van der Waals surface area contributed by atoms with Gasteiger partial charge in [-0.25, -0.2) is 15.2 Å². The van der Waals surface area contributed by atoms with Gasteiger partial charge in [-0.05, 0) is 68.9 Å². The number of urea groups is 1. The van der Waals surface area contributed by atoms with E-state index in [1.54, 1.807) is 32.4 Å². The fourth-order valence-electron chi connectivity index (χ4n) is 8.83. The number of amides is 4. The van der Waals surface area contributed by atoms with Crippen molar-refractivity contribution in [3.05, 3.63) is 58.2 Å². The number of carbonyl (C=O) groups is 4. The SMILES string of the molecule is CCn1c(-c2cccnc2[C@H](C)OC)c2c3cc(ccc31)-c1csc(n1)C[C@H](NC(=O)[C@H](C(C)C)N(C)C(=O)N1CC(OC)C1)C(=O)N1CCC[C@H](N1)C(=O)OCC(C)(C)C2. The lowest BCUT2D eigenvalue weighted by Crippen LogP contribution is -2.64. The van der Waals surface area contributed by atoms with Crippen LogP contribution in [0.5, 0.6) is 0 Å². The summed E-state index contributed by atoms with van der Waals surface area (Å²) in [7, 11) is 4.92. The largest absolute Gasteiger partial charge is 0.464 e. The number of carbonyl (C=O) groups excluding carboxylic acids is 4. The molecule has 6 bridgehead atoms. The third-order valence-electron chi connectivity index (χ3n) is 12.2. The Bertz CT molecular complexity index is 2270. The number of pyridine rings is 1. The molecule has 328 valence electrons. The van der Waals surface area contributed by atoms with Crippen LogP contribution in [0.25, 0.3) is 33.4 Å². The molecule has 3 aromatic heterocycles. The number of hydrazine groups is 1. The summed E-state index contributed by atoms with van der Waals surface area (Å²) in [5.74, 6) is -1.56. The summed E-state index contributed by atoms with van der Waals surface area (Å²) >= 11 is 1.42. The number of cyclic esters (lactones) is 1. The minimum atomic E-state index is -1.04. The van der Waals surface area contributed by atoms with Crippen LogP contribution in [0.1, 0.15) is 76.8 Å². The van der Waals surface area contributed by atoms with Crippen LogP contribution in [0.2, 0.25) is 0 Å². The molecule has 61 heavy (non-hydrogen) atoms. The van der Waals surface area contributed by atoms with Crippen LogP contribution in [0.3, 0.4) is 0 Å². The minimum Gasteiger partial charge on any atom is -0.464 e. The lowest BCUT2D eigenvalue weighted by molar-refractivity contribution is -0.155. The number of rotatable bonds is 9. The standard InChI is InChI=1S/C45H60N8O7S/c1-10-52-36-16-15-28-19-31(36)32(40(52)30-13-11-17-46-38(30)27(4)58-8)21-45(5,6)25-60-43(56)33-14-12-18-53(49-33)42(55)34(20-37-47-35(28)24-61-37)48-41(54)39(26(2)3)50(7)44(57)51-22-29(23-51)59-9/h11,13,15-17,19,24,26-27,29,33-34,39,49H,10,12,14,18,20-23,25H2,1-9H3,(H,48,54)/t27-,33-,34-,39-/m0/s1. The summed E-state index contributed by atoms with van der Waals surface area (Å²) in [6, 6.07) is 7.49. The maximum absolute atomic E-state index is 14.5. The summed E-state index contributed by atoms with van der Waals surface area (Å²) < 4.78 is 19.6. The Morgan fingerprint density at radius 1 is 1.15 bits per heavy atom. The summed E-state index contributed by atoms with van der Waals surface area (Å²) in [6.07, 6.45) is 3.24. The number of hydrogen-bond acceptors (Lipinski definition) is 11. The van der Waals surface area contributed by atoms with Gasteiger partial charge in [-0.3, -0.25) is 24.4 Å². The fraction of sp³-hybridized carbons (Fsp3) is 0.556. The van der Waals surface area contributed by atoms with Crippen LogP contribution in [-0.2, 0) is 48.0 Å². The topological polar surface area (TPSA) is 160 Å². The van der Waals surface area contributed by atoms with Crippen molar-refractivity contribution in [2.45, 2.75) is 104 Å². The molecule has 2 fully saturated rings. The zero-order chi connectivity index (χ0) is 43.7. The number of likely N-dealkylation sites (N-methyl/N-ethyl adjacent to an activating group) is 1. The second-order valence-electron chi connectivity index (χ2n) is 17.6. The van der Waals surface area contributed by atoms with E-state index in [-0.39, 0.29) is 37.2 Å². The molecule has 6 heterocycles. The van der Waals surface area contributed by atoms with Crippen LogP contribution in [-0.4, -0.2) is 125 Å². The van der Waals surface area contributed by atoms with Crippen molar-refractivity contribution in [1.29, 1.82) is 0 Å². The molecule has 4 atom stereocenters. The second kappa shape index (κ2) is 18.2. The molecule has 3 aliphatic rings. The van der Waals surface area contributed by atoms with E-state index in [0.717, 1.165) is 44.7 Å². The van der Waals surface area contributed by atoms with Crippen molar-refractivity contribution in [2.24, 2.45) is 11.3 Å². The number of nitrogens with one attached hydrogen (secondary N) is 2. The molecule has 16 heteroatoms. The molecule has 1 aromatic carbocycles. The van der Waals surface area contributed by atoms with Crippen molar-refractivity contribution in [2.75, 3.05) is 47.5 Å². The van der Waals surface area contributed by atoms with Gasteiger partial charge >= 0.3 is 12.0 Å². The van der Waals surface area contributed by atoms with Crippen LogP contribution >= 0.6 is 11.3 Å². The number of ether oxygens (including phenoxy) is 3. The van der Waals surface area contributed by atoms with Gasteiger partial charge in [0.1, 0.15) is 18.1 Å². The van der Waals surface area contributed by atoms with Gasteiger partial charge in [0, 0.05) is 79.8 Å². The summed E-state index contributed by atoms with van der Waals surface area (Å²) in [6.45, 7) is 14.2. The first-order chi connectivity index (χ1) is 29.1. The van der Waals surface area contributed by atoms with Gasteiger partial charge in [-0.15, -0.1) is 11.3 Å². The Morgan fingerprint density at radius 3 is 2.62 bits per heavy atom. The predicted octanol–water partition coefficient (Wildman–Crippen LogP) is 5.61. The molecular formula is C45H60N8O7S.